The highest BCUT2D eigenvalue weighted by Gasteiger charge is 2.35. The summed E-state index contributed by atoms with van der Waals surface area (Å²) >= 11 is 16.8. The van der Waals surface area contributed by atoms with Gasteiger partial charge in [0.25, 0.3) is 11.1 Å². The fraction of sp³-hybridized carbons (Fsp3) is 0.0769. The number of amides is 2. The number of benzene rings is 3. The summed E-state index contributed by atoms with van der Waals surface area (Å²) in [6.07, 6.45) is 3.78. The van der Waals surface area contributed by atoms with Crippen LogP contribution in [0.5, 0.6) is 0 Å². The Kier molecular flexibility index (Phi) is 6.58. The zero-order valence-electron chi connectivity index (χ0n) is 17.7. The highest BCUT2D eigenvalue weighted by molar-refractivity contribution is 9.10. The van der Waals surface area contributed by atoms with Gasteiger partial charge in [0.2, 0.25) is 0 Å². The second-order valence-electron chi connectivity index (χ2n) is 7.86. The van der Waals surface area contributed by atoms with E-state index >= 15 is 0 Å². The van der Waals surface area contributed by atoms with E-state index in [0.29, 0.717) is 21.5 Å². The minimum Gasteiger partial charge on any atom is -0.342 e. The van der Waals surface area contributed by atoms with Crippen LogP contribution >= 0.6 is 50.9 Å². The van der Waals surface area contributed by atoms with Crippen molar-refractivity contribution in [2.45, 2.75) is 13.1 Å². The highest BCUT2D eigenvalue weighted by atomic mass is 79.9. The van der Waals surface area contributed by atoms with E-state index in [9.17, 15) is 9.59 Å². The van der Waals surface area contributed by atoms with Gasteiger partial charge in [0.15, 0.2) is 0 Å². The first-order valence-corrected chi connectivity index (χ1v) is 12.8. The molecule has 4 nitrogen and oxygen atoms in total. The van der Waals surface area contributed by atoms with Gasteiger partial charge in [-0.05, 0) is 59.3 Å². The summed E-state index contributed by atoms with van der Waals surface area (Å²) in [5.74, 6) is -0.282. The van der Waals surface area contributed by atoms with Gasteiger partial charge < -0.3 is 4.57 Å². The molecule has 1 aliphatic rings. The number of nitrogens with zero attached hydrogens (tertiary/aromatic N) is 2. The number of imide groups is 1. The van der Waals surface area contributed by atoms with Crippen molar-refractivity contribution in [3.63, 3.8) is 0 Å². The minimum atomic E-state index is -0.282. The first kappa shape index (κ1) is 23.2. The normalized spacial score (nSPS) is 15.1. The van der Waals surface area contributed by atoms with Crippen molar-refractivity contribution in [3.8, 4) is 0 Å². The van der Waals surface area contributed by atoms with Gasteiger partial charge in [0.05, 0.1) is 11.4 Å². The number of thioether (sulfide) groups is 1. The number of hydrogen-bond acceptors (Lipinski definition) is 3. The third kappa shape index (κ3) is 4.68. The van der Waals surface area contributed by atoms with E-state index < -0.39 is 0 Å². The van der Waals surface area contributed by atoms with E-state index in [4.69, 9.17) is 23.2 Å². The summed E-state index contributed by atoms with van der Waals surface area (Å²) in [7, 11) is 0. The second kappa shape index (κ2) is 9.62. The van der Waals surface area contributed by atoms with Crippen molar-refractivity contribution < 1.29 is 9.59 Å². The maximum atomic E-state index is 13.1. The molecule has 1 saturated heterocycles. The third-order valence-electron chi connectivity index (χ3n) is 5.59. The van der Waals surface area contributed by atoms with Crippen LogP contribution in [0.2, 0.25) is 10.0 Å². The van der Waals surface area contributed by atoms with Gasteiger partial charge in [0, 0.05) is 43.7 Å². The molecule has 1 fully saturated rings. The summed E-state index contributed by atoms with van der Waals surface area (Å²) in [6, 6.07) is 21.0. The number of rotatable bonds is 5. The molecule has 0 radical (unpaired) electrons. The van der Waals surface area contributed by atoms with Crippen LogP contribution in [0, 0.1) is 0 Å². The molecule has 0 bridgehead atoms. The summed E-state index contributed by atoms with van der Waals surface area (Å²) in [5.41, 5.74) is 3.71. The lowest BCUT2D eigenvalue weighted by molar-refractivity contribution is -0.123. The Morgan fingerprint density at radius 2 is 1.71 bits per heavy atom. The van der Waals surface area contributed by atoms with Crippen LogP contribution in [0.25, 0.3) is 17.0 Å². The van der Waals surface area contributed by atoms with Crippen molar-refractivity contribution in [1.82, 2.24) is 9.47 Å². The van der Waals surface area contributed by atoms with Gasteiger partial charge in [-0.15, -0.1) is 0 Å². The Labute approximate surface area is 219 Å². The number of aromatic nitrogens is 1. The second-order valence-corrected chi connectivity index (χ2v) is 10.6. The molecular formula is C26H17BrCl2N2O2S. The molecule has 0 unspecified atom stereocenters. The standard InChI is InChI=1S/C26H17BrCl2N2O2S/c27-19-8-5-16(6-9-19)13-31-25(32)24(34-26(31)33)11-18-15-30(23-4-2-1-3-21(18)23)14-17-7-10-20(28)12-22(17)29/h1-12,15H,13-14H2/b24-11-. The predicted molar refractivity (Wildman–Crippen MR) is 143 cm³/mol. The lowest BCUT2D eigenvalue weighted by Crippen LogP contribution is -2.27. The number of halogens is 3. The topological polar surface area (TPSA) is 42.3 Å². The van der Waals surface area contributed by atoms with Gasteiger partial charge in [-0.3, -0.25) is 14.5 Å². The molecule has 0 aliphatic carbocycles. The van der Waals surface area contributed by atoms with Gasteiger partial charge in [-0.25, -0.2) is 0 Å². The Morgan fingerprint density at radius 1 is 0.941 bits per heavy atom. The average Bonchev–Trinajstić information content (AvgIpc) is 3.29. The molecule has 1 aromatic heterocycles. The van der Waals surface area contributed by atoms with E-state index in [1.807, 2.05) is 66.9 Å². The molecule has 1 aliphatic heterocycles. The van der Waals surface area contributed by atoms with Crippen molar-refractivity contribution >= 4 is 79.0 Å². The molecule has 4 aromatic rings. The Bertz CT molecular complexity index is 1460. The van der Waals surface area contributed by atoms with Crippen LogP contribution in [0.4, 0.5) is 4.79 Å². The van der Waals surface area contributed by atoms with Crippen LogP contribution in [-0.4, -0.2) is 20.6 Å². The molecule has 5 rings (SSSR count). The molecular weight excluding hydrogens is 555 g/mol. The summed E-state index contributed by atoms with van der Waals surface area (Å²) < 4.78 is 3.03. The largest absolute Gasteiger partial charge is 0.342 e. The van der Waals surface area contributed by atoms with Crippen molar-refractivity contribution in [1.29, 1.82) is 0 Å². The average molecular weight is 572 g/mol. The van der Waals surface area contributed by atoms with Crippen molar-refractivity contribution in [2.24, 2.45) is 0 Å². The minimum absolute atomic E-state index is 0.242. The van der Waals surface area contributed by atoms with Crippen LogP contribution in [0.15, 0.2) is 82.3 Å². The van der Waals surface area contributed by atoms with Crippen LogP contribution in [0.1, 0.15) is 16.7 Å². The smallest absolute Gasteiger partial charge is 0.293 e. The Balaban J connectivity index is 1.46. The molecule has 170 valence electrons. The molecule has 2 amide bonds. The van der Waals surface area contributed by atoms with E-state index in [2.05, 4.69) is 20.5 Å². The highest BCUT2D eigenvalue weighted by Crippen LogP contribution is 2.35. The van der Waals surface area contributed by atoms with Gasteiger partial charge >= 0.3 is 0 Å². The molecule has 0 N–H and O–H groups in total. The maximum Gasteiger partial charge on any atom is 0.293 e. The summed E-state index contributed by atoms with van der Waals surface area (Å²) in [5, 5.41) is 1.91. The Hall–Kier alpha value is -2.51. The molecule has 3 aromatic carbocycles. The lowest BCUT2D eigenvalue weighted by atomic mass is 10.1. The number of hydrogen-bond donors (Lipinski definition) is 0. The molecule has 0 saturated carbocycles. The fourth-order valence-electron chi connectivity index (χ4n) is 3.90. The maximum absolute atomic E-state index is 13.1. The van der Waals surface area contributed by atoms with Crippen LogP contribution < -0.4 is 0 Å². The predicted octanol–water partition coefficient (Wildman–Crippen LogP) is 8.00. The van der Waals surface area contributed by atoms with E-state index in [-0.39, 0.29) is 17.7 Å². The number of carbonyl (C=O) groups excluding carboxylic acids is 2. The summed E-state index contributed by atoms with van der Waals surface area (Å²) in [4.78, 5) is 27.4. The van der Waals surface area contributed by atoms with Gasteiger partial charge in [-0.1, -0.05) is 75.5 Å². The van der Waals surface area contributed by atoms with Crippen LogP contribution in [0.3, 0.4) is 0 Å². The number of fused-ring (bicyclic) bond motifs is 1. The van der Waals surface area contributed by atoms with E-state index in [1.165, 1.54) is 4.90 Å². The zero-order chi connectivity index (χ0) is 23.8. The monoisotopic (exact) mass is 570 g/mol. The number of para-hydroxylation sites is 1. The molecule has 8 heteroatoms. The first-order valence-electron chi connectivity index (χ1n) is 10.4. The van der Waals surface area contributed by atoms with E-state index in [1.54, 1.807) is 12.1 Å². The molecule has 2 heterocycles. The SMILES string of the molecule is O=C1S/C(=C\c2cn(Cc3ccc(Cl)cc3Cl)c3ccccc23)C(=O)N1Cc1ccc(Br)cc1. The molecule has 34 heavy (non-hydrogen) atoms. The van der Waals surface area contributed by atoms with Crippen molar-refractivity contribution in [2.75, 3.05) is 0 Å². The molecule has 0 spiro atoms. The number of carbonyl (C=O) groups is 2. The third-order valence-corrected chi connectivity index (χ3v) is 7.61. The quantitative estimate of drug-likeness (QED) is 0.228. The molecule has 0 atom stereocenters. The zero-order valence-corrected chi connectivity index (χ0v) is 21.6. The first-order chi connectivity index (χ1) is 16.4. The van der Waals surface area contributed by atoms with Crippen LogP contribution in [-0.2, 0) is 17.9 Å². The van der Waals surface area contributed by atoms with Gasteiger partial charge in [-0.2, -0.15) is 0 Å². The summed E-state index contributed by atoms with van der Waals surface area (Å²) in [6.45, 7) is 0.793. The van der Waals surface area contributed by atoms with Gasteiger partial charge in [0.1, 0.15) is 0 Å². The van der Waals surface area contributed by atoms with E-state index in [0.717, 1.165) is 43.8 Å². The lowest BCUT2D eigenvalue weighted by Gasteiger charge is -2.12. The fourth-order valence-corrected chi connectivity index (χ4v) is 5.47. The Morgan fingerprint density at radius 3 is 2.47 bits per heavy atom. The van der Waals surface area contributed by atoms with Crippen molar-refractivity contribution in [3.05, 3.63) is 109 Å².